The number of likely N-dealkylation sites (tertiary alicyclic amines) is 1. The van der Waals surface area contributed by atoms with Gasteiger partial charge in [0.05, 0.1) is 18.8 Å². The van der Waals surface area contributed by atoms with E-state index in [1.807, 2.05) is 41.6 Å². The number of piperidine rings is 1. The van der Waals surface area contributed by atoms with Gasteiger partial charge in [-0.3, -0.25) is 9.69 Å². The predicted molar refractivity (Wildman–Crippen MR) is 105 cm³/mol. The molecule has 1 atom stereocenters. The molecule has 0 bridgehead atoms. The maximum absolute atomic E-state index is 13.1. The Hall–Kier alpha value is -2.34. The highest BCUT2D eigenvalue weighted by molar-refractivity contribution is 6.00. The van der Waals surface area contributed by atoms with Gasteiger partial charge in [0.1, 0.15) is 11.6 Å². The summed E-state index contributed by atoms with van der Waals surface area (Å²) in [6.45, 7) is 2.74. The number of anilines is 1. The van der Waals surface area contributed by atoms with Gasteiger partial charge in [-0.2, -0.15) is 0 Å². The van der Waals surface area contributed by atoms with E-state index in [2.05, 4.69) is 21.5 Å². The third-order valence-electron chi connectivity index (χ3n) is 6.04. The van der Waals surface area contributed by atoms with Crippen molar-refractivity contribution in [3.05, 3.63) is 42.5 Å². The van der Waals surface area contributed by atoms with Gasteiger partial charge in [0, 0.05) is 32.4 Å². The summed E-state index contributed by atoms with van der Waals surface area (Å²) in [6.07, 6.45) is 8.06. The van der Waals surface area contributed by atoms with Crippen LogP contribution in [0.25, 0.3) is 0 Å². The van der Waals surface area contributed by atoms with Gasteiger partial charge in [0.15, 0.2) is 0 Å². The number of amides is 1. The van der Waals surface area contributed by atoms with Gasteiger partial charge in [-0.15, -0.1) is 0 Å². The van der Waals surface area contributed by atoms with Crippen molar-refractivity contribution >= 4 is 11.6 Å². The Morgan fingerprint density at radius 1 is 1.15 bits per heavy atom. The number of hydrogen-bond acceptors (Lipinski definition) is 4. The van der Waals surface area contributed by atoms with Crippen LogP contribution in [0, 0.1) is 5.92 Å². The molecule has 6 heteroatoms. The lowest BCUT2D eigenvalue weighted by Gasteiger charge is -2.35. The molecule has 0 N–H and O–H groups in total. The lowest BCUT2D eigenvalue weighted by atomic mass is 9.92. The zero-order chi connectivity index (χ0) is 18.8. The summed E-state index contributed by atoms with van der Waals surface area (Å²) in [6, 6.07) is 7.79. The number of carbonyl (C=O) groups excluding carboxylic acids is 1. The van der Waals surface area contributed by atoms with E-state index in [1.165, 1.54) is 0 Å². The molecular weight excluding hydrogens is 340 g/mol. The number of aromatic nitrogens is 2. The van der Waals surface area contributed by atoms with Crippen LogP contribution in [0.2, 0.25) is 0 Å². The first-order chi connectivity index (χ1) is 13.2. The Labute approximate surface area is 160 Å². The summed E-state index contributed by atoms with van der Waals surface area (Å²) in [5.41, 5.74) is 0.886. The normalized spacial score (nSPS) is 21.8. The number of hydrogen-bond donors (Lipinski definition) is 0. The summed E-state index contributed by atoms with van der Waals surface area (Å²) >= 11 is 0. The zero-order valence-corrected chi connectivity index (χ0v) is 16.2. The van der Waals surface area contributed by atoms with Gasteiger partial charge in [-0.05, 0) is 50.4 Å². The van der Waals surface area contributed by atoms with E-state index in [0.717, 1.165) is 62.6 Å². The Morgan fingerprint density at radius 2 is 1.93 bits per heavy atom. The Morgan fingerprint density at radius 3 is 2.63 bits per heavy atom. The number of aryl methyl sites for hydroxylation is 1. The molecule has 27 heavy (non-hydrogen) atoms. The molecule has 2 aliphatic rings. The molecule has 0 radical (unpaired) electrons. The second kappa shape index (κ2) is 7.72. The molecule has 1 unspecified atom stereocenters. The minimum absolute atomic E-state index is 0.00373. The van der Waals surface area contributed by atoms with Crippen LogP contribution in [0.4, 0.5) is 5.69 Å². The molecular formula is C21H28N4O2. The zero-order valence-electron chi connectivity index (χ0n) is 16.2. The molecule has 1 aromatic carbocycles. The van der Waals surface area contributed by atoms with Crippen LogP contribution in [0.3, 0.4) is 0 Å². The van der Waals surface area contributed by atoms with Crippen LogP contribution in [0.5, 0.6) is 5.75 Å². The molecule has 1 amide bonds. The number of benzene rings is 1. The van der Waals surface area contributed by atoms with Gasteiger partial charge >= 0.3 is 0 Å². The molecule has 2 aromatic rings. The van der Waals surface area contributed by atoms with E-state index in [-0.39, 0.29) is 11.9 Å². The highest BCUT2D eigenvalue weighted by atomic mass is 16.5. The number of methoxy groups -OCH3 is 1. The van der Waals surface area contributed by atoms with Crippen molar-refractivity contribution in [2.75, 3.05) is 31.6 Å². The lowest BCUT2D eigenvalue weighted by Crippen LogP contribution is -2.46. The van der Waals surface area contributed by atoms with Crippen molar-refractivity contribution in [3.8, 4) is 5.75 Å². The van der Waals surface area contributed by atoms with Gasteiger partial charge in [-0.1, -0.05) is 12.1 Å². The van der Waals surface area contributed by atoms with Crippen LogP contribution < -0.4 is 9.64 Å². The van der Waals surface area contributed by atoms with Crippen molar-refractivity contribution in [1.29, 1.82) is 0 Å². The average Bonchev–Trinajstić information content (AvgIpc) is 3.28. The van der Waals surface area contributed by atoms with Gasteiger partial charge < -0.3 is 14.2 Å². The van der Waals surface area contributed by atoms with Crippen molar-refractivity contribution in [3.63, 3.8) is 0 Å². The summed E-state index contributed by atoms with van der Waals surface area (Å²) < 4.78 is 7.55. The molecule has 0 saturated carbocycles. The molecule has 4 rings (SSSR count). The fourth-order valence-electron chi connectivity index (χ4n) is 4.42. The summed E-state index contributed by atoms with van der Waals surface area (Å²) in [5.74, 6) is 2.79. The van der Waals surface area contributed by atoms with E-state index >= 15 is 0 Å². The van der Waals surface area contributed by atoms with Gasteiger partial charge in [0.2, 0.25) is 5.91 Å². The first-order valence-corrected chi connectivity index (χ1v) is 9.82. The highest BCUT2D eigenvalue weighted by Crippen LogP contribution is 2.33. The Balaban J connectivity index is 1.37. The van der Waals surface area contributed by atoms with Crippen molar-refractivity contribution in [1.82, 2.24) is 14.5 Å². The van der Waals surface area contributed by atoms with Crippen molar-refractivity contribution in [2.45, 2.75) is 31.7 Å². The molecule has 144 valence electrons. The van der Waals surface area contributed by atoms with Crippen LogP contribution in [-0.4, -0.2) is 53.1 Å². The Kier molecular flexibility index (Phi) is 5.16. The number of imidazole rings is 1. The van der Waals surface area contributed by atoms with E-state index < -0.39 is 0 Å². The highest BCUT2D eigenvalue weighted by Gasteiger charge is 2.38. The maximum atomic E-state index is 13.1. The summed E-state index contributed by atoms with van der Waals surface area (Å²) in [4.78, 5) is 21.8. The third-order valence-corrected chi connectivity index (χ3v) is 6.04. The minimum Gasteiger partial charge on any atom is -0.495 e. The molecule has 2 fully saturated rings. The molecule has 1 aromatic heterocycles. The van der Waals surface area contributed by atoms with Crippen molar-refractivity contribution in [2.24, 2.45) is 13.0 Å². The lowest BCUT2D eigenvalue weighted by molar-refractivity contribution is -0.122. The van der Waals surface area contributed by atoms with E-state index in [4.69, 9.17) is 4.74 Å². The predicted octanol–water partition coefficient (Wildman–Crippen LogP) is 2.49. The Bertz CT molecular complexity index is 795. The fourth-order valence-corrected chi connectivity index (χ4v) is 4.42. The van der Waals surface area contributed by atoms with E-state index in [0.29, 0.717) is 5.92 Å². The molecule has 0 spiro atoms. The minimum atomic E-state index is 0.00373. The first kappa shape index (κ1) is 18.0. The van der Waals surface area contributed by atoms with Crippen LogP contribution in [0.15, 0.2) is 36.7 Å². The topological polar surface area (TPSA) is 50.6 Å². The van der Waals surface area contributed by atoms with E-state index in [1.54, 1.807) is 7.11 Å². The molecule has 6 nitrogen and oxygen atoms in total. The van der Waals surface area contributed by atoms with Crippen molar-refractivity contribution < 1.29 is 9.53 Å². The largest absolute Gasteiger partial charge is 0.495 e. The molecule has 2 aliphatic heterocycles. The average molecular weight is 368 g/mol. The quantitative estimate of drug-likeness (QED) is 0.814. The summed E-state index contributed by atoms with van der Waals surface area (Å²) in [5, 5.41) is 0. The molecule has 3 heterocycles. The second-order valence-electron chi connectivity index (χ2n) is 7.60. The maximum Gasteiger partial charge on any atom is 0.244 e. The molecule has 0 aliphatic carbocycles. The van der Waals surface area contributed by atoms with Crippen LogP contribution in [0.1, 0.15) is 25.1 Å². The second-order valence-corrected chi connectivity index (χ2v) is 7.60. The number of ether oxygens (including phenoxy) is 1. The summed E-state index contributed by atoms with van der Waals surface area (Å²) in [7, 11) is 3.71. The molecule has 2 saturated heterocycles. The van der Waals surface area contributed by atoms with Gasteiger partial charge in [-0.25, -0.2) is 4.98 Å². The van der Waals surface area contributed by atoms with E-state index in [9.17, 15) is 4.79 Å². The van der Waals surface area contributed by atoms with Crippen LogP contribution in [-0.2, 0) is 18.3 Å². The first-order valence-electron chi connectivity index (χ1n) is 9.82. The SMILES string of the molecule is COc1ccccc1N1CCC(N2CCC(Cc3nccn3C)CC2)C1=O. The number of para-hydroxylation sites is 2. The van der Waals surface area contributed by atoms with Crippen LogP contribution >= 0.6 is 0 Å². The number of nitrogens with zero attached hydrogens (tertiary/aromatic N) is 4. The monoisotopic (exact) mass is 368 g/mol. The number of carbonyl (C=O) groups is 1. The van der Waals surface area contributed by atoms with Gasteiger partial charge in [0.25, 0.3) is 0 Å². The third kappa shape index (κ3) is 3.58. The smallest absolute Gasteiger partial charge is 0.244 e. The standard InChI is InChI=1S/C21H28N4O2/c1-23-14-10-22-20(23)15-16-7-11-24(12-8-16)18-9-13-25(21(18)26)17-5-3-4-6-19(17)27-2/h3-6,10,14,16,18H,7-9,11-13,15H2,1-2H3. The number of rotatable bonds is 5. The fraction of sp³-hybridized carbons (Fsp3) is 0.524.